The van der Waals surface area contributed by atoms with Gasteiger partial charge >= 0.3 is 0 Å². The van der Waals surface area contributed by atoms with Crippen LogP contribution in [-0.4, -0.2) is 19.1 Å². The van der Waals surface area contributed by atoms with Crippen molar-refractivity contribution < 1.29 is 8.78 Å². The molecule has 0 spiro atoms. The van der Waals surface area contributed by atoms with Crippen molar-refractivity contribution >= 4 is 5.69 Å². The molecule has 1 saturated carbocycles. The van der Waals surface area contributed by atoms with Crippen LogP contribution in [0.4, 0.5) is 14.5 Å². The van der Waals surface area contributed by atoms with Crippen LogP contribution >= 0.6 is 0 Å². The summed E-state index contributed by atoms with van der Waals surface area (Å²) in [5.41, 5.74) is 5.98. The minimum atomic E-state index is -0.430. The summed E-state index contributed by atoms with van der Waals surface area (Å²) < 4.78 is 26.3. The van der Waals surface area contributed by atoms with Gasteiger partial charge in [0.15, 0.2) is 0 Å². The van der Waals surface area contributed by atoms with Gasteiger partial charge in [-0.15, -0.1) is 0 Å². The Labute approximate surface area is 87.7 Å². The van der Waals surface area contributed by atoms with Crippen LogP contribution in [0.25, 0.3) is 0 Å². The molecule has 0 saturated heterocycles. The first-order valence-electron chi connectivity index (χ1n) is 4.95. The van der Waals surface area contributed by atoms with Gasteiger partial charge in [0, 0.05) is 25.2 Å². The van der Waals surface area contributed by atoms with E-state index in [1.165, 1.54) is 6.07 Å². The second-order valence-electron chi connectivity index (χ2n) is 4.31. The summed E-state index contributed by atoms with van der Waals surface area (Å²) in [5.74, 6) is -0.844. The second kappa shape index (κ2) is 3.45. The number of likely N-dealkylation sites (N-methyl/N-ethyl adjacent to an activating group) is 1. The molecule has 4 heteroatoms. The summed E-state index contributed by atoms with van der Waals surface area (Å²) in [4.78, 5) is 1.67. The number of halogens is 2. The van der Waals surface area contributed by atoms with Crippen LogP contribution in [0.15, 0.2) is 18.2 Å². The van der Waals surface area contributed by atoms with Crippen molar-refractivity contribution in [3.8, 4) is 0 Å². The molecule has 1 aliphatic rings. The summed E-state index contributed by atoms with van der Waals surface area (Å²) in [6, 6.07) is 3.44. The average molecular weight is 212 g/mol. The Bertz CT molecular complexity index is 375. The summed E-state index contributed by atoms with van der Waals surface area (Å²) >= 11 is 0. The number of rotatable bonds is 3. The summed E-state index contributed by atoms with van der Waals surface area (Å²) in [5, 5.41) is 0. The van der Waals surface area contributed by atoms with E-state index in [0.717, 1.165) is 25.0 Å². The molecular weight excluding hydrogens is 198 g/mol. The van der Waals surface area contributed by atoms with E-state index in [1.807, 2.05) is 0 Å². The van der Waals surface area contributed by atoms with E-state index >= 15 is 0 Å². The Kier molecular flexibility index (Phi) is 2.38. The Morgan fingerprint density at radius 3 is 2.67 bits per heavy atom. The lowest BCUT2D eigenvalue weighted by Crippen LogP contribution is -2.37. The molecule has 2 nitrogen and oxygen atoms in total. The van der Waals surface area contributed by atoms with Crippen molar-refractivity contribution in [3.63, 3.8) is 0 Å². The number of benzene rings is 1. The van der Waals surface area contributed by atoms with Crippen LogP contribution < -0.4 is 10.6 Å². The SMILES string of the molecule is CN(CC1(N)CC1)c1cc(F)ccc1F. The second-order valence-corrected chi connectivity index (χ2v) is 4.31. The van der Waals surface area contributed by atoms with E-state index in [4.69, 9.17) is 5.73 Å². The standard InChI is InChI=1S/C11H14F2N2/c1-15(7-11(14)4-5-11)10-6-8(12)2-3-9(10)13/h2-3,6H,4-5,7,14H2,1H3. The predicted molar refractivity (Wildman–Crippen MR) is 55.8 cm³/mol. The van der Waals surface area contributed by atoms with Gasteiger partial charge in [-0.2, -0.15) is 0 Å². The van der Waals surface area contributed by atoms with E-state index < -0.39 is 11.6 Å². The van der Waals surface area contributed by atoms with Crippen molar-refractivity contribution in [2.75, 3.05) is 18.5 Å². The summed E-state index contributed by atoms with van der Waals surface area (Å²) in [7, 11) is 1.73. The molecule has 0 bridgehead atoms. The molecule has 0 atom stereocenters. The highest BCUT2D eigenvalue weighted by molar-refractivity contribution is 5.48. The maximum atomic E-state index is 13.4. The average Bonchev–Trinajstić information content (AvgIpc) is 2.87. The highest BCUT2D eigenvalue weighted by Gasteiger charge is 2.39. The molecule has 2 N–H and O–H groups in total. The van der Waals surface area contributed by atoms with Crippen LogP contribution in [0.5, 0.6) is 0 Å². The van der Waals surface area contributed by atoms with Crippen molar-refractivity contribution in [2.24, 2.45) is 5.73 Å². The molecule has 0 unspecified atom stereocenters. The monoisotopic (exact) mass is 212 g/mol. The highest BCUT2D eigenvalue weighted by Crippen LogP contribution is 2.34. The lowest BCUT2D eigenvalue weighted by Gasteiger charge is -2.23. The molecule has 0 radical (unpaired) electrons. The third-order valence-corrected chi connectivity index (χ3v) is 2.76. The van der Waals surface area contributed by atoms with Gasteiger partial charge in [0.1, 0.15) is 11.6 Å². The van der Waals surface area contributed by atoms with E-state index in [9.17, 15) is 8.78 Å². The zero-order valence-corrected chi connectivity index (χ0v) is 8.63. The van der Waals surface area contributed by atoms with Crippen molar-refractivity contribution in [1.82, 2.24) is 0 Å². The Hall–Kier alpha value is -1.16. The first-order valence-corrected chi connectivity index (χ1v) is 4.95. The van der Waals surface area contributed by atoms with Crippen molar-refractivity contribution in [1.29, 1.82) is 0 Å². The molecule has 0 aliphatic heterocycles. The smallest absolute Gasteiger partial charge is 0.146 e. The first-order chi connectivity index (χ1) is 7.00. The maximum Gasteiger partial charge on any atom is 0.146 e. The van der Waals surface area contributed by atoms with E-state index in [2.05, 4.69) is 0 Å². The molecule has 1 aliphatic carbocycles. The van der Waals surface area contributed by atoms with E-state index in [1.54, 1.807) is 11.9 Å². The van der Waals surface area contributed by atoms with Gasteiger partial charge in [-0.05, 0) is 25.0 Å². The van der Waals surface area contributed by atoms with Gasteiger partial charge < -0.3 is 10.6 Å². The molecule has 2 rings (SSSR count). The normalized spacial score (nSPS) is 17.6. The lowest BCUT2D eigenvalue weighted by atomic mass is 10.2. The molecular formula is C11H14F2N2. The van der Waals surface area contributed by atoms with Gasteiger partial charge in [0.25, 0.3) is 0 Å². The topological polar surface area (TPSA) is 29.3 Å². The van der Waals surface area contributed by atoms with Crippen LogP contribution in [0, 0.1) is 11.6 Å². The van der Waals surface area contributed by atoms with E-state index in [0.29, 0.717) is 6.54 Å². The largest absolute Gasteiger partial charge is 0.370 e. The summed E-state index contributed by atoms with van der Waals surface area (Å²) in [6.07, 6.45) is 1.91. The van der Waals surface area contributed by atoms with Gasteiger partial charge in [-0.25, -0.2) is 8.78 Å². The number of hydrogen-bond acceptors (Lipinski definition) is 2. The van der Waals surface area contributed by atoms with Gasteiger partial charge in [0.05, 0.1) is 5.69 Å². The predicted octanol–water partition coefficient (Wildman–Crippen LogP) is 1.89. The Morgan fingerprint density at radius 1 is 1.40 bits per heavy atom. The number of hydrogen-bond donors (Lipinski definition) is 1. The summed E-state index contributed by atoms with van der Waals surface area (Å²) in [6.45, 7) is 0.563. The molecule has 1 fully saturated rings. The zero-order chi connectivity index (χ0) is 11.1. The van der Waals surface area contributed by atoms with Crippen LogP contribution in [0.2, 0.25) is 0 Å². The van der Waals surface area contributed by atoms with E-state index in [-0.39, 0.29) is 11.2 Å². The number of anilines is 1. The Morgan fingerprint density at radius 2 is 2.07 bits per heavy atom. The maximum absolute atomic E-state index is 13.4. The molecule has 1 aromatic carbocycles. The van der Waals surface area contributed by atoms with Crippen LogP contribution in [0.1, 0.15) is 12.8 Å². The van der Waals surface area contributed by atoms with Crippen LogP contribution in [0.3, 0.4) is 0 Å². The number of nitrogens with zero attached hydrogens (tertiary/aromatic N) is 1. The molecule has 1 aromatic rings. The minimum Gasteiger partial charge on any atom is -0.370 e. The van der Waals surface area contributed by atoms with Gasteiger partial charge in [-0.3, -0.25) is 0 Å². The molecule has 82 valence electrons. The van der Waals surface area contributed by atoms with Gasteiger partial charge in [0.2, 0.25) is 0 Å². The molecule has 0 aromatic heterocycles. The lowest BCUT2D eigenvalue weighted by molar-refractivity contribution is 0.587. The first kappa shape index (κ1) is 10.4. The fourth-order valence-corrected chi connectivity index (χ4v) is 1.65. The fourth-order valence-electron chi connectivity index (χ4n) is 1.65. The molecule has 15 heavy (non-hydrogen) atoms. The van der Waals surface area contributed by atoms with Crippen molar-refractivity contribution in [3.05, 3.63) is 29.8 Å². The third-order valence-electron chi connectivity index (χ3n) is 2.76. The molecule has 0 heterocycles. The molecule has 0 amide bonds. The third kappa shape index (κ3) is 2.26. The fraction of sp³-hybridized carbons (Fsp3) is 0.455. The zero-order valence-electron chi connectivity index (χ0n) is 8.63. The minimum absolute atomic E-state index is 0.201. The highest BCUT2D eigenvalue weighted by atomic mass is 19.1. The quantitative estimate of drug-likeness (QED) is 0.829. The van der Waals surface area contributed by atoms with Gasteiger partial charge in [-0.1, -0.05) is 0 Å². The Balaban J connectivity index is 2.16. The van der Waals surface area contributed by atoms with Crippen molar-refractivity contribution in [2.45, 2.75) is 18.4 Å². The van der Waals surface area contributed by atoms with Crippen LogP contribution in [-0.2, 0) is 0 Å². The number of nitrogens with two attached hydrogens (primary N) is 1.